The normalized spacial score (nSPS) is 21.1. The van der Waals surface area contributed by atoms with Crippen molar-refractivity contribution in [3.8, 4) is 0 Å². The van der Waals surface area contributed by atoms with Crippen LogP contribution in [0.5, 0.6) is 0 Å². The molecule has 8 nitrogen and oxygen atoms in total. The molecule has 1 saturated heterocycles. The highest BCUT2D eigenvalue weighted by molar-refractivity contribution is 7.91. The van der Waals surface area contributed by atoms with Gasteiger partial charge in [-0.15, -0.1) is 0 Å². The number of sulfone groups is 1. The van der Waals surface area contributed by atoms with E-state index in [1.165, 1.54) is 12.3 Å². The van der Waals surface area contributed by atoms with Crippen molar-refractivity contribution in [3.63, 3.8) is 0 Å². The standard InChI is InChI=1S/C39H39NO7S/c41-48(42,35-23-13-14-24-40-35)39-38(46-28-33-21-11-4-12-22-33)37(45-27-32-19-9-3-10-20-32)36(44-26-31-17-7-2-8-18-31)34(47-39)29-43-25-30-15-5-1-6-16-30/h1-24,34,36-39H,25-29H2/t34-,36-,37-,38-,39-/m1/s1. The van der Waals surface area contributed by atoms with Crippen LogP contribution in [0.25, 0.3) is 0 Å². The molecule has 5 aromatic rings. The second kappa shape index (κ2) is 16.7. The molecule has 0 aliphatic carbocycles. The van der Waals surface area contributed by atoms with Crippen LogP contribution >= 0.6 is 0 Å². The van der Waals surface area contributed by atoms with E-state index in [1.54, 1.807) is 12.1 Å². The molecule has 0 N–H and O–H groups in total. The van der Waals surface area contributed by atoms with Crippen molar-refractivity contribution in [1.29, 1.82) is 0 Å². The lowest BCUT2D eigenvalue weighted by atomic mass is 9.98. The van der Waals surface area contributed by atoms with Crippen LogP contribution in [0.15, 0.2) is 151 Å². The fraction of sp³-hybridized carbons (Fsp3) is 0.256. The Balaban J connectivity index is 1.37. The molecular weight excluding hydrogens is 626 g/mol. The minimum absolute atomic E-state index is 0.0548. The van der Waals surface area contributed by atoms with Gasteiger partial charge in [0.15, 0.2) is 10.5 Å². The van der Waals surface area contributed by atoms with Crippen molar-refractivity contribution in [2.24, 2.45) is 0 Å². The molecule has 0 saturated carbocycles. The molecule has 9 heteroatoms. The Hall–Kier alpha value is -4.22. The number of pyridine rings is 1. The Morgan fingerprint density at radius 1 is 0.521 bits per heavy atom. The molecule has 0 spiro atoms. The van der Waals surface area contributed by atoms with Gasteiger partial charge in [-0.1, -0.05) is 127 Å². The molecule has 1 aromatic heterocycles. The molecule has 248 valence electrons. The molecule has 0 amide bonds. The molecule has 0 bridgehead atoms. The Morgan fingerprint density at radius 2 is 0.958 bits per heavy atom. The van der Waals surface area contributed by atoms with Gasteiger partial charge in [-0.3, -0.25) is 0 Å². The molecule has 4 aromatic carbocycles. The Morgan fingerprint density at radius 3 is 1.44 bits per heavy atom. The molecule has 5 atom stereocenters. The number of benzene rings is 4. The van der Waals surface area contributed by atoms with Crippen molar-refractivity contribution in [2.45, 2.75) is 61.3 Å². The average molecular weight is 666 g/mol. The van der Waals surface area contributed by atoms with E-state index >= 15 is 0 Å². The first-order chi connectivity index (χ1) is 23.6. The van der Waals surface area contributed by atoms with Crippen LogP contribution < -0.4 is 0 Å². The smallest absolute Gasteiger partial charge is 0.225 e. The zero-order chi connectivity index (χ0) is 33.0. The van der Waals surface area contributed by atoms with E-state index in [9.17, 15) is 8.42 Å². The van der Waals surface area contributed by atoms with Gasteiger partial charge in [0.05, 0.1) is 33.0 Å². The van der Waals surface area contributed by atoms with Gasteiger partial charge in [-0.25, -0.2) is 13.4 Å². The van der Waals surface area contributed by atoms with Gasteiger partial charge in [-0.2, -0.15) is 0 Å². The third kappa shape index (κ3) is 8.82. The molecule has 2 heterocycles. The number of hydrogen-bond donors (Lipinski definition) is 0. The zero-order valence-electron chi connectivity index (χ0n) is 26.5. The van der Waals surface area contributed by atoms with Crippen molar-refractivity contribution in [2.75, 3.05) is 6.61 Å². The molecular formula is C39H39NO7S. The van der Waals surface area contributed by atoms with Crippen LogP contribution in [0.1, 0.15) is 22.3 Å². The van der Waals surface area contributed by atoms with E-state index in [2.05, 4.69) is 4.98 Å². The maximum atomic E-state index is 14.4. The number of aromatic nitrogens is 1. The monoisotopic (exact) mass is 665 g/mol. The maximum absolute atomic E-state index is 14.4. The fourth-order valence-electron chi connectivity index (χ4n) is 5.63. The largest absolute Gasteiger partial charge is 0.374 e. The first kappa shape index (κ1) is 33.7. The van der Waals surface area contributed by atoms with Gasteiger partial charge in [0.1, 0.15) is 24.4 Å². The summed E-state index contributed by atoms with van der Waals surface area (Å²) in [6.45, 7) is 0.954. The highest BCUT2D eigenvalue weighted by Gasteiger charge is 2.53. The number of nitrogens with zero attached hydrogens (tertiary/aromatic N) is 1. The number of rotatable bonds is 15. The predicted molar refractivity (Wildman–Crippen MR) is 181 cm³/mol. The van der Waals surface area contributed by atoms with E-state index < -0.39 is 39.7 Å². The van der Waals surface area contributed by atoms with Crippen molar-refractivity contribution >= 4 is 9.84 Å². The lowest BCUT2D eigenvalue weighted by molar-refractivity contribution is -0.256. The Bertz CT molecular complexity index is 1760. The first-order valence-electron chi connectivity index (χ1n) is 16.0. The quantitative estimate of drug-likeness (QED) is 0.124. The van der Waals surface area contributed by atoms with E-state index in [4.69, 9.17) is 23.7 Å². The van der Waals surface area contributed by atoms with E-state index in [0.717, 1.165) is 22.3 Å². The molecule has 1 aliphatic heterocycles. The molecule has 6 rings (SSSR count). The summed E-state index contributed by atoms with van der Waals surface area (Å²) >= 11 is 0. The van der Waals surface area contributed by atoms with E-state index in [-0.39, 0.29) is 31.5 Å². The summed E-state index contributed by atoms with van der Waals surface area (Å²) < 4.78 is 61.2. The summed E-state index contributed by atoms with van der Waals surface area (Å²) in [4.78, 5) is 4.19. The summed E-state index contributed by atoms with van der Waals surface area (Å²) in [5.74, 6) is 0. The number of ether oxygens (including phenoxy) is 5. The summed E-state index contributed by atoms with van der Waals surface area (Å²) in [6.07, 6.45) is -2.06. The highest BCUT2D eigenvalue weighted by Crippen LogP contribution is 2.35. The third-order valence-electron chi connectivity index (χ3n) is 8.08. The number of hydrogen-bond acceptors (Lipinski definition) is 8. The van der Waals surface area contributed by atoms with Crippen LogP contribution in [-0.2, 0) is 59.9 Å². The van der Waals surface area contributed by atoms with Crippen molar-refractivity contribution in [1.82, 2.24) is 4.98 Å². The molecule has 0 radical (unpaired) electrons. The van der Waals surface area contributed by atoms with E-state index in [1.807, 2.05) is 121 Å². The second-order valence-electron chi connectivity index (χ2n) is 11.5. The fourth-order valence-corrected chi connectivity index (χ4v) is 7.22. The first-order valence-corrected chi connectivity index (χ1v) is 17.5. The predicted octanol–water partition coefficient (Wildman–Crippen LogP) is 6.55. The van der Waals surface area contributed by atoms with Gasteiger partial charge >= 0.3 is 0 Å². The third-order valence-corrected chi connectivity index (χ3v) is 9.89. The summed E-state index contributed by atoms with van der Waals surface area (Å²) in [7, 11) is -4.18. The summed E-state index contributed by atoms with van der Waals surface area (Å²) in [6, 6.07) is 43.6. The topological polar surface area (TPSA) is 93.2 Å². The lowest BCUT2D eigenvalue weighted by Gasteiger charge is -2.45. The molecule has 48 heavy (non-hydrogen) atoms. The molecule has 0 unspecified atom stereocenters. The lowest BCUT2D eigenvalue weighted by Crippen LogP contribution is -2.63. The second-order valence-corrected chi connectivity index (χ2v) is 13.5. The minimum Gasteiger partial charge on any atom is -0.374 e. The van der Waals surface area contributed by atoms with Crippen LogP contribution in [0.4, 0.5) is 0 Å². The SMILES string of the molecule is O=S(=O)(c1ccccn1)[C@H]1O[C@H](COCc2ccccc2)[C@@H](OCc2ccccc2)[C@@H](OCc2ccccc2)[C@H]1OCc1ccccc1. The molecule has 1 aliphatic rings. The van der Waals surface area contributed by atoms with Crippen LogP contribution in [0.2, 0.25) is 0 Å². The van der Waals surface area contributed by atoms with Crippen LogP contribution in [0.3, 0.4) is 0 Å². The summed E-state index contributed by atoms with van der Waals surface area (Å²) in [5.41, 5.74) is 2.28. The van der Waals surface area contributed by atoms with Crippen LogP contribution in [0, 0.1) is 0 Å². The van der Waals surface area contributed by atoms with Gasteiger partial charge in [0.25, 0.3) is 0 Å². The maximum Gasteiger partial charge on any atom is 0.225 e. The minimum atomic E-state index is -4.18. The van der Waals surface area contributed by atoms with Crippen molar-refractivity contribution < 1.29 is 32.1 Å². The Labute approximate surface area is 282 Å². The zero-order valence-corrected chi connectivity index (χ0v) is 27.3. The van der Waals surface area contributed by atoms with Gasteiger partial charge < -0.3 is 23.7 Å². The van der Waals surface area contributed by atoms with E-state index in [0.29, 0.717) is 6.61 Å². The summed E-state index contributed by atoms with van der Waals surface area (Å²) in [5, 5.41) is -0.113. The van der Waals surface area contributed by atoms with Gasteiger partial charge in [-0.05, 0) is 34.4 Å². The van der Waals surface area contributed by atoms with Crippen molar-refractivity contribution in [3.05, 3.63) is 168 Å². The molecule has 1 fully saturated rings. The van der Waals surface area contributed by atoms with Crippen LogP contribution in [-0.4, -0.2) is 49.9 Å². The average Bonchev–Trinajstić information content (AvgIpc) is 3.14. The Kier molecular flexibility index (Phi) is 11.7. The van der Waals surface area contributed by atoms with Gasteiger partial charge in [0.2, 0.25) is 9.84 Å². The van der Waals surface area contributed by atoms with Gasteiger partial charge in [0, 0.05) is 6.20 Å². The highest BCUT2D eigenvalue weighted by atomic mass is 32.2.